The molecule has 1 aromatic heterocycles. The fraction of sp³-hybridized carbons (Fsp3) is 0.194. The molecule has 0 radical (unpaired) electrons. The average molecular weight is 639 g/mol. The van der Waals surface area contributed by atoms with E-state index in [0.717, 1.165) is 16.9 Å². The summed E-state index contributed by atoms with van der Waals surface area (Å²) in [5.74, 6) is -0.126. The van der Waals surface area contributed by atoms with Gasteiger partial charge in [0.05, 0.1) is 33.4 Å². The lowest BCUT2D eigenvalue weighted by atomic mass is 9.94. The quantitative estimate of drug-likeness (QED) is 0.135. The van der Waals surface area contributed by atoms with Gasteiger partial charge in [0.2, 0.25) is 0 Å². The van der Waals surface area contributed by atoms with Crippen LogP contribution in [0.4, 0.5) is 5.69 Å². The second-order valence-electron chi connectivity index (χ2n) is 9.67. The number of nitrogens with zero attached hydrogens (tertiary/aromatic N) is 3. The molecule has 1 aliphatic rings. The Balaban J connectivity index is 1.62. The van der Waals surface area contributed by atoms with E-state index in [-0.39, 0.29) is 24.5 Å². The topological polar surface area (TPSA) is 113 Å². The maximum atomic E-state index is 14.0. The normalized spacial score (nSPS) is 14.7. The molecule has 220 valence electrons. The summed E-state index contributed by atoms with van der Waals surface area (Å²) in [6, 6.07) is 16.1. The van der Waals surface area contributed by atoms with Crippen molar-refractivity contribution in [2.45, 2.75) is 33.4 Å². The Morgan fingerprint density at radius 2 is 1.91 bits per heavy atom. The molecule has 1 atom stereocenters. The SMILES string of the molecule is CCOC(=O)C1=C(C)N=c2s/c(=C/c3ccccc3OCc3ccc(Cl)cc3Cl)c(=O)n2[C@@H]1c1ccc(C)c([N+](=O)[O-])c1. The third kappa shape index (κ3) is 6.13. The highest BCUT2D eigenvalue weighted by molar-refractivity contribution is 7.07. The van der Waals surface area contributed by atoms with Crippen LogP contribution in [0.5, 0.6) is 5.75 Å². The van der Waals surface area contributed by atoms with Crippen LogP contribution in [0.1, 0.15) is 42.1 Å². The van der Waals surface area contributed by atoms with Crippen molar-refractivity contribution < 1.29 is 19.2 Å². The number of nitro benzene ring substituents is 1. The lowest BCUT2D eigenvalue weighted by Crippen LogP contribution is -2.40. The Morgan fingerprint density at radius 1 is 1.14 bits per heavy atom. The van der Waals surface area contributed by atoms with Crippen LogP contribution < -0.4 is 19.6 Å². The van der Waals surface area contributed by atoms with Crippen LogP contribution in [0, 0.1) is 17.0 Å². The summed E-state index contributed by atoms with van der Waals surface area (Å²) in [6.45, 7) is 5.25. The molecule has 9 nitrogen and oxygen atoms in total. The number of aryl methyl sites for hydroxylation is 1. The predicted octanol–water partition coefficient (Wildman–Crippen LogP) is 5.90. The van der Waals surface area contributed by atoms with Gasteiger partial charge < -0.3 is 9.47 Å². The number of halogens is 2. The lowest BCUT2D eigenvalue weighted by Gasteiger charge is -2.24. The van der Waals surface area contributed by atoms with E-state index in [1.165, 1.54) is 10.6 Å². The number of fused-ring (bicyclic) bond motifs is 1. The van der Waals surface area contributed by atoms with Crippen molar-refractivity contribution in [2.75, 3.05) is 6.61 Å². The second kappa shape index (κ2) is 12.5. The molecule has 0 spiro atoms. The molecule has 0 N–H and O–H groups in total. The van der Waals surface area contributed by atoms with Crippen molar-refractivity contribution in [3.63, 3.8) is 0 Å². The molecule has 3 aromatic carbocycles. The van der Waals surface area contributed by atoms with Gasteiger partial charge in [0.15, 0.2) is 4.80 Å². The maximum absolute atomic E-state index is 14.0. The highest BCUT2D eigenvalue weighted by atomic mass is 35.5. The van der Waals surface area contributed by atoms with E-state index in [1.807, 2.05) is 18.2 Å². The Labute approximate surface area is 260 Å². The van der Waals surface area contributed by atoms with Crippen molar-refractivity contribution in [3.05, 3.63) is 134 Å². The number of rotatable bonds is 8. The molecule has 4 aromatic rings. The molecule has 43 heavy (non-hydrogen) atoms. The number of allylic oxidation sites excluding steroid dienone is 1. The molecule has 12 heteroatoms. The first-order chi connectivity index (χ1) is 20.6. The summed E-state index contributed by atoms with van der Waals surface area (Å²) in [5.41, 5.74) is 2.20. The van der Waals surface area contributed by atoms with Gasteiger partial charge in [0.1, 0.15) is 12.4 Å². The van der Waals surface area contributed by atoms with Gasteiger partial charge in [-0.25, -0.2) is 9.79 Å². The van der Waals surface area contributed by atoms with E-state index in [4.69, 9.17) is 32.7 Å². The van der Waals surface area contributed by atoms with E-state index in [1.54, 1.807) is 63.2 Å². The maximum Gasteiger partial charge on any atom is 0.338 e. The number of hydrogen-bond donors (Lipinski definition) is 0. The molecule has 0 fully saturated rings. The number of hydrogen-bond acceptors (Lipinski definition) is 8. The second-order valence-corrected chi connectivity index (χ2v) is 11.5. The van der Waals surface area contributed by atoms with Gasteiger partial charge in [-0.3, -0.25) is 19.5 Å². The van der Waals surface area contributed by atoms with Crippen molar-refractivity contribution in [1.82, 2.24) is 4.57 Å². The molecule has 0 unspecified atom stereocenters. The van der Waals surface area contributed by atoms with Gasteiger partial charge in [-0.05, 0) is 50.6 Å². The zero-order valence-electron chi connectivity index (χ0n) is 23.3. The van der Waals surface area contributed by atoms with E-state index in [0.29, 0.717) is 47.5 Å². The van der Waals surface area contributed by atoms with Gasteiger partial charge in [-0.2, -0.15) is 0 Å². The smallest absolute Gasteiger partial charge is 0.338 e. The standard InChI is InChI=1S/C31H25Cl2N3O6S/c1-4-41-30(38)27-18(3)34-31-35(28(27)20-10-9-17(2)24(13-20)36(39)40)29(37)26(43-31)14-19-7-5-6-8-25(19)42-16-21-11-12-22(32)15-23(21)33/h5-15,28H,4,16H2,1-3H3/b26-14+/t28-/m1/s1. The Kier molecular flexibility index (Phi) is 8.82. The largest absolute Gasteiger partial charge is 0.488 e. The Bertz CT molecular complexity index is 1980. The van der Waals surface area contributed by atoms with Gasteiger partial charge >= 0.3 is 5.97 Å². The fourth-order valence-corrected chi connectivity index (χ4v) is 6.27. The van der Waals surface area contributed by atoms with Crippen molar-refractivity contribution in [2.24, 2.45) is 4.99 Å². The van der Waals surface area contributed by atoms with E-state index in [2.05, 4.69) is 4.99 Å². The molecule has 0 saturated heterocycles. The van der Waals surface area contributed by atoms with Crippen LogP contribution in [0.25, 0.3) is 6.08 Å². The summed E-state index contributed by atoms with van der Waals surface area (Å²) in [4.78, 5) is 43.3. The summed E-state index contributed by atoms with van der Waals surface area (Å²) in [7, 11) is 0. The van der Waals surface area contributed by atoms with Gasteiger partial charge in [-0.15, -0.1) is 0 Å². The molecule has 5 rings (SSSR count). The predicted molar refractivity (Wildman–Crippen MR) is 165 cm³/mol. The molecule has 1 aliphatic heterocycles. The van der Waals surface area contributed by atoms with Crippen molar-refractivity contribution in [3.8, 4) is 5.75 Å². The highest BCUT2D eigenvalue weighted by Gasteiger charge is 2.34. The molecule has 0 bridgehead atoms. The first kappa shape index (κ1) is 30.2. The van der Waals surface area contributed by atoms with Crippen LogP contribution in [0.2, 0.25) is 10.0 Å². The molecule has 2 heterocycles. The number of nitro groups is 1. The van der Waals surface area contributed by atoms with E-state index in [9.17, 15) is 19.7 Å². The monoisotopic (exact) mass is 637 g/mol. The average Bonchev–Trinajstić information content (AvgIpc) is 3.26. The highest BCUT2D eigenvalue weighted by Crippen LogP contribution is 2.33. The number of benzene rings is 3. The Hall–Kier alpha value is -4.25. The number of esters is 1. The van der Waals surface area contributed by atoms with Gasteiger partial charge in [0.25, 0.3) is 11.2 Å². The van der Waals surface area contributed by atoms with Gasteiger partial charge in [-0.1, -0.05) is 70.9 Å². The number of aromatic nitrogens is 1. The van der Waals surface area contributed by atoms with Crippen LogP contribution >= 0.6 is 34.5 Å². The minimum absolute atomic E-state index is 0.110. The number of ether oxygens (including phenoxy) is 2. The summed E-state index contributed by atoms with van der Waals surface area (Å²) in [6.07, 6.45) is 1.70. The van der Waals surface area contributed by atoms with Crippen molar-refractivity contribution in [1.29, 1.82) is 0 Å². The van der Waals surface area contributed by atoms with Crippen molar-refractivity contribution >= 4 is 52.3 Å². The van der Waals surface area contributed by atoms with Crippen LogP contribution in [-0.2, 0) is 16.1 Å². The zero-order chi connectivity index (χ0) is 30.8. The number of para-hydroxylation sites is 1. The van der Waals surface area contributed by atoms with Crippen LogP contribution in [-0.4, -0.2) is 22.1 Å². The van der Waals surface area contributed by atoms with Crippen LogP contribution in [0.3, 0.4) is 0 Å². The lowest BCUT2D eigenvalue weighted by molar-refractivity contribution is -0.385. The molecule has 0 amide bonds. The Morgan fingerprint density at radius 3 is 2.63 bits per heavy atom. The minimum atomic E-state index is -0.977. The fourth-order valence-electron chi connectivity index (χ4n) is 4.77. The molecule has 0 saturated carbocycles. The number of carbonyl (C=O) groups excluding carboxylic acids is 1. The summed E-state index contributed by atoms with van der Waals surface area (Å²) in [5, 5.41) is 12.7. The number of carbonyl (C=O) groups is 1. The minimum Gasteiger partial charge on any atom is -0.488 e. The molecular weight excluding hydrogens is 613 g/mol. The first-order valence-electron chi connectivity index (χ1n) is 13.2. The van der Waals surface area contributed by atoms with Crippen LogP contribution in [0.15, 0.2) is 81.7 Å². The van der Waals surface area contributed by atoms with E-state index >= 15 is 0 Å². The zero-order valence-corrected chi connectivity index (χ0v) is 25.6. The summed E-state index contributed by atoms with van der Waals surface area (Å²) < 4.78 is 13.1. The van der Waals surface area contributed by atoms with Gasteiger partial charge in [0, 0.05) is 32.8 Å². The molecular formula is C31H25Cl2N3O6S. The first-order valence-corrected chi connectivity index (χ1v) is 14.8. The summed E-state index contributed by atoms with van der Waals surface area (Å²) >= 11 is 13.5. The third-order valence-electron chi connectivity index (χ3n) is 6.87. The molecule has 0 aliphatic carbocycles. The number of thiazole rings is 1. The third-order valence-corrected chi connectivity index (χ3v) is 8.44. The van der Waals surface area contributed by atoms with E-state index < -0.39 is 22.5 Å².